The average Bonchev–Trinajstić information content (AvgIpc) is 2.40. The van der Waals surface area contributed by atoms with Crippen molar-refractivity contribution < 1.29 is 9.53 Å². The van der Waals surface area contributed by atoms with Gasteiger partial charge in [-0.2, -0.15) is 0 Å². The van der Waals surface area contributed by atoms with Gasteiger partial charge in [0.1, 0.15) is 11.8 Å². The first kappa shape index (κ1) is 14.5. The van der Waals surface area contributed by atoms with E-state index in [-0.39, 0.29) is 18.1 Å². The third-order valence-electron chi connectivity index (χ3n) is 3.43. The summed E-state index contributed by atoms with van der Waals surface area (Å²) in [5.74, 6) is 0.742. The van der Waals surface area contributed by atoms with Crippen LogP contribution in [-0.2, 0) is 4.79 Å². The van der Waals surface area contributed by atoms with Gasteiger partial charge in [-0.25, -0.2) is 0 Å². The summed E-state index contributed by atoms with van der Waals surface area (Å²) in [5.41, 5.74) is 7.71. The number of nitrogens with one attached hydrogen (secondary N) is 1. The van der Waals surface area contributed by atoms with Gasteiger partial charge >= 0.3 is 0 Å². The van der Waals surface area contributed by atoms with Gasteiger partial charge in [-0.1, -0.05) is 13.0 Å². The Balaban J connectivity index is 2.33. The molecule has 20 heavy (non-hydrogen) atoms. The maximum Gasteiger partial charge on any atom is 0.242 e. The number of nitrogens with two attached hydrogens (primary N) is 1. The second-order valence-corrected chi connectivity index (χ2v) is 5.26. The summed E-state index contributed by atoms with van der Waals surface area (Å²) >= 11 is 0. The van der Waals surface area contributed by atoms with Crippen molar-refractivity contribution in [1.29, 1.82) is 0 Å². The normalized spacial score (nSPS) is 19.1. The zero-order valence-corrected chi connectivity index (χ0v) is 12.3. The van der Waals surface area contributed by atoms with Crippen molar-refractivity contribution in [2.45, 2.75) is 39.3 Å². The number of para-hydroxylation sites is 1. The third kappa shape index (κ3) is 2.81. The number of piperazine rings is 1. The van der Waals surface area contributed by atoms with E-state index in [9.17, 15) is 4.79 Å². The van der Waals surface area contributed by atoms with E-state index in [4.69, 9.17) is 10.5 Å². The van der Waals surface area contributed by atoms with E-state index < -0.39 is 0 Å². The van der Waals surface area contributed by atoms with Crippen molar-refractivity contribution in [3.8, 4) is 5.75 Å². The fourth-order valence-corrected chi connectivity index (χ4v) is 2.55. The summed E-state index contributed by atoms with van der Waals surface area (Å²) in [6, 6.07) is 5.57. The van der Waals surface area contributed by atoms with Gasteiger partial charge in [-0.3, -0.25) is 4.79 Å². The molecule has 5 nitrogen and oxygen atoms in total. The van der Waals surface area contributed by atoms with Crippen molar-refractivity contribution in [3.63, 3.8) is 0 Å². The van der Waals surface area contributed by atoms with Gasteiger partial charge < -0.3 is 20.7 Å². The van der Waals surface area contributed by atoms with E-state index in [1.165, 1.54) is 0 Å². The Hall–Kier alpha value is -1.91. The Labute approximate surface area is 120 Å². The van der Waals surface area contributed by atoms with Gasteiger partial charge in [0.15, 0.2) is 0 Å². The number of benzene rings is 1. The number of amides is 1. The molecule has 1 heterocycles. The summed E-state index contributed by atoms with van der Waals surface area (Å²) in [6.07, 6.45) is 0.819. The highest BCUT2D eigenvalue weighted by Crippen LogP contribution is 2.34. The summed E-state index contributed by atoms with van der Waals surface area (Å²) in [4.78, 5) is 14.0. The predicted molar refractivity (Wildman–Crippen MR) is 81.1 cm³/mol. The Kier molecular flexibility index (Phi) is 4.37. The first-order valence-corrected chi connectivity index (χ1v) is 7.14. The fraction of sp³-hybridized carbons (Fsp3) is 0.533. The van der Waals surface area contributed by atoms with Crippen LogP contribution in [0.4, 0.5) is 11.4 Å². The smallest absolute Gasteiger partial charge is 0.242 e. The van der Waals surface area contributed by atoms with E-state index in [2.05, 4.69) is 10.2 Å². The minimum Gasteiger partial charge on any atom is -0.489 e. The number of rotatable bonds is 4. The van der Waals surface area contributed by atoms with E-state index in [0.29, 0.717) is 18.0 Å². The number of hydrogen-bond acceptors (Lipinski definition) is 4. The molecule has 110 valence electrons. The molecule has 1 aromatic carbocycles. The van der Waals surface area contributed by atoms with E-state index in [0.717, 1.165) is 18.7 Å². The standard InChI is InChI=1S/C15H23N3O2/c1-4-11-15(19)17-8-9-18(11)12-6-5-7-13(14(12)16)20-10(2)3/h5-7,10-11H,4,8-9,16H2,1-3H3,(H,17,19). The molecule has 0 saturated carbocycles. The molecule has 0 spiro atoms. The second-order valence-electron chi connectivity index (χ2n) is 5.26. The Morgan fingerprint density at radius 2 is 2.25 bits per heavy atom. The quantitative estimate of drug-likeness (QED) is 0.823. The molecule has 1 aliphatic rings. The molecular formula is C15H23N3O2. The second kappa shape index (κ2) is 6.03. The molecule has 3 N–H and O–H groups in total. The van der Waals surface area contributed by atoms with E-state index in [1.54, 1.807) is 0 Å². The molecule has 0 radical (unpaired) electrons. The predicted octanol–water partition coefficient (Wildman–Crippen LogP) is 1.77. The summed E-state index contributed by atoms with van der Waals surface area (Å²) in [7, 11) is 0. The minimum absolute atomic E-state index is 0.0633. The maximum absolute atomic E-state index is 12.0. The van der Waals surface area contributed by atoms with Crippen LogP contribution in [0.2, 0.25) is 0 Å². The number of carbonyl (C=O) groups excluding carboxylic acids is 1. The monoisotopic (exact) mass is 277 g/mol. The van der Waals surface area contributed by atoms with Crippen LogP contribution < -0.4 is 20.7 Å². The Morgan fingerprint density at radius 3 is 2.90 bits per heavy atom. The fourth-order valence-electron chi connectivity index (χ4n) is 2.55. The van der Waals surface area contributed by atoms with Gasteiger partial charge in [0.25, 0.3) is 0 Å². The molecule has 1 unspecified atom stereocenters. The number of hydrogen-bond donors (Lipinski definition) is 2. The third-order valence-corrected chi connectivity index (χ3v) is 3.43. The number of ether oxygens (including phenoxy) is 1. The van der Waals surface area contributed by atoms with Crippen LogP contribution in [-0.4, -0.2) is 31.1 Å². The van der Waals surface area contributed by atoms with Crippen molar-refractivity contribution in [2.24, 2.45) is 0 Å². The number of carbonyl (C=O) groups is 1. The van der Waals surface area contributed by atoms with Crippen LogP contribution in [0.5, 0.6) is 5.75 Å². The number of nitrogen functional groups attached to an aromatic ring is 1. The van der Waals surface area contributed by atoms with Crippen LogP contribution >= 0.6 is 0 Å². The van der Waals surface area contributed by atoms with E-state index >= 15 is 0 Å². The molecule has 1 atom stereocenters. The van der Waals surface area contributed by atoms with Gasteiger partial charge in [0.05, 0.1) is 17.5 Å². The van der Waals surface area contributed by atoms with Gasteiger partial charge in [0.2, 0.25) is 5.91 Å². The summed E-state index contributed by atoms with van der Waals surface area (Å²) in [5, 5.41) is 2.90. The maximum atomic E-state index is 12.0. The largest absolute Gasteiger partial charge is 0.489 e. The highest BCUT2D eigenvalue weighted by Gasteiger charge is 2.29. The molecule has 5 heteroatoms. The lowest BCUT2D eigenvalue weighted by molar-refractivity contribution is -0.123. The van der Waals surface area contributed by atoms with Crippen molar-refractivity contribution in [2.75, 3.05) is 23.7 Å². The van der Waals surface area contributed by atoms with Gasteiger partial charge in [-0.05, 0) is 32.4 Å². The van der Waals surface area contributed by atoms with Gasteiger partial charge in [-0.15, -0.1) is 0 Å². The minimum atomic E-state index is -0.166. The molecule has 1 fully saturated rings. The lowest BCUT2D eigenvalue weighted by Gasteiger charge is -2.37. The number of anilines is 2. The van der Waals surface area contributed by atoms with Crippen molar-refractivity contribution >= 4 is 17.3 Å². The SMILES string of the molecule is CCC1C(=O)NCCN1c1cccc(OC(C)C)c1N. The lowest BCUT2D eigenvalue weighted by Crippen LogP contribution is -2.55. The first-order valence-electron chi connectivity index (χ1n) is 7.14. The molecule has 0 bridgehead atoms. The molecular weight excluding hydrogens is 254 g/mol. The zero-order chi connectivity index (χ0) is 14.7. The molecule has 1 aromatic rings. The molecule has 1 amide bonds. The van der Waals surface area contributed by atoms with Crippen LogP contribution in [0.1, 0.15) is 27.2 Å². The first-order chi connectivity index (χ1) is 9.54. The molecule has 1 saturated heterocycles. The summed E-state index contributed by atoms with van der Waals surface area (Å²) < 4.78 is 5.72. The topological polar surface area (TPSA) is 67.6 Å². The lowest BCUT2D eigenvalue weighted by atomic mass is 10.1. The van der Waals surface area contributed by atoms with Gasteiger partial charge in [0, 0.05) is 13.1 Å². The molecule has 1 aliphatic heterocycles. The molecule has 2 rings (SSSR count). The number of nitrogens with zero attached hydrogens (tertiary/aromatic N) is 1. The summed E-state index contributed by atoms with van der Waals surface area (Å²) in [6.45, 7) is 7.35. The highest BCUT2D eigenvalue weighted by atomic mass is 16.5. The highest BCUT2D eigenvalue weighted by molar-refractivity contribution is 5.88. The van der Waals surface area contributed by atoms with Crippen LogP contribution in [0, 0.1) is 0 Å². The average molecular weight is 277 g/mol. The van der Waals surface area contributed by atoms with E-state index in [1.807, 2.05) is 39.0 Å². The Bertz CT molecular complexity index is 488. The van der Waals surface area contributed by atoms with Crippen LogP contribution in [0.25, 0.3) is 0 Å². The Morgan fingerprint density at radius 1 is 1.50 bits per heavy atom. The van der Waals surface area contributed by atoms with Crippen molar-refractivity contribution in [3.05, 3.63) is 18.2 Å². The van der Waals surface area contributed by atoms with Crippen LogP contribution in [0.3, 0.4) is 0 Å². The van der Waals surface area contributed by atoms with Crippen molar-refractivity contribution in [1.82, 2.24) is 5.32 Å². The molecule has 0 aromatic heterocycles. The zero-order valence-electron chi connectivity index (χ0n) is 12.3. The molecule has 0 aliphatic carbocycles. The van der Waals surface area contributed by atoms with Crippen LogP contribution in [0.15, 0.2) is 18.2 Å².